The van der Waals surface area contributed by atoms with E-state index in [4.69, 9.17) is 5.84 Å². The molecule has 2 aromatic rings. The highest BCUT2D eigenvalue weighted by Crippen LogP contribution is 2.16. The van der Waals surface area contributed by atoms with Crippen LogP contribution in [0.3, 0.4) is 0 Å². The number of nitrogens with one attached hydrogen (secondary N) is 1. The lowest BCUT2D eigenvalue weighted by Crippen LogP contribution is -2.28. The predicted octanol–water partition coefficient (Wildman–Crippen LogP) is 0.409. The summed E-state index contributed by atoms with van der Waals surface area (Å²) in [5.41, 5.74) is 4.84. The molecule has 1 atom stereocenters. The van der Waals surface area contributed by atoms with Crippen LogP contribution < -0.4 is 11.3 Å². The second-order valence-corrected chi connectivity index (χ2v) is 4.09. The highest BCUT2D eigenvalue weighted by molar-refractivity contribution is 6.99. The third-order valence-corrected chi connectivity index (χ3v) is 3.04. The van der Waals surface area contributed by atoms with Crippen LogP contribution in [-0.2, 0) is 13.5 Å². The molecule has 86 valence electrons. The Hall–Kier alpha value is -1.31. The number of hydrogen-bond acceptors (Lipinski definition) is 6. The van der Waals surface area contributed by atoms with Crippen molar-refractivity contribution >= 4 is 11.7 Å². The van der Waals surface area contributed by atoms with Gasteiger partial charge < -0.3 is 0 Å². The fraction of sp³-hybridized carbons (Fsp3) is 0.444. The molecule has 3 N–H and O–H groups in total. The molecule has 0 amide bonds. The Kier molecular flexibility index (Phi) is 3.60. The lowest BCUT2D eigenvalue weighted by molar-refractivity contribution is 0.499. The third-order valence-electron chi connectivity index (χ3n) is 2.55. The maximum atomic E-state index is 5.51. The number of aromatic nitrogens is 4. The van der Waals surface area contributed by atoms with Gasteiger partial charge in [-0.2, -0.15) is 13.8 Å². The second kappa shape index (κ2) is 5.15. The Balaban J connectivity index is 1.96. The molecule has 0 saturated carbocycles. The van der Waals surface area contributed by atoms with E-state index in [2.05, 4.69) is 19.3 Å². The van der Waals surface area contributed by atoms with Gasteiger partial charge in [0, 0.05) is 18.9 Å². The van der Waals surface area contributed by atoms with E-state index < -0.39 is 0 Å². The van der Waals surface area contributed by atoms with Gasteiger partial charge in [0.2, 0.25) is 0 Å². The summed E-state index contributed by atoms with van der Waals surface area (Å²) < 4.78 is 10.0. The summed E-state index contributed by atoms with van der Waals surface area (Å²) in [7, 11) is 1.94. The molecule has 0 spiro atoms. The molecule has 0 fully saturated rings. The monoisotopic (exact) mass is 238 g/mol. The maximum Gasteiger partial charge on any atom is 0.0925 e. The molecule has 1 unspecified atom stereocenters. The van der Waals surface area contributed by atoms with Crippen molar-refractivity contribution in [2.45, 2.75) is 18.9 Å². The molecule has 0 aliphatic carbocycles. The number of nitrogens with zero attached hydrogens (tertiary/aromatic N) is 4. The van der Waals surface area contributed by atoms with Crippen molar-refractivity contribution < 1.29 is 0 Å². The van der Waals surface area contributed by atoms with Gasteiger partial charge in [-0.15, -0.1) is 0 Å². The van der Waals surface area contributed by atoms with Gasteiger partial charge >= 0.3 is 0 Å². The summed E-state index contributed by atoms with van der Waals surface area (Å²) in [6.07, 6.45) is 5.33. The molecule has 2 aromatic heterocycles. The van der Waals surface area contributed by atoms with E-state index in [-0.39, 0.29) is 6.04 Å². The number of aryl methyl sites for hydroxylation is 2. The number of hydrogen-bond donors (Lipinski definition) is 2. The summed E-state index contributed by atoms with van der Waals surface area (Å²) >= 11 is 1.20. The number of nitrogens with two attached hydrogens (primary N) is 1. The van der Waals surface area contributed by atoms with E-state index in [1.165, 1.54) is 17.4 Å². The molecule has 0 saturated heterocycles. The Labute approximate surface area is 97.8 Å². The second-order valence-electron chi connectivity index (χ2n) is 3.54. The first-order valence-electron chi connectivity index (χ1n) is 5.01. The minimum absolute atomic E-state index is 0.0497. The van der Waals surface area contributed by atoms with Crippen LogP contribution in [0.25, 0.3) is 0 Å². The van der Waals surface area contributed by atoms with E-state index in [0.29, 0.717) is 0 Å². The van der Waals surface area contributed by atoms with Crippen LogP contribution in [0, 0.1) is 0 Å². The number of hydrazine groups is 1. The topological polar surface area (TPSA) is 81.7 Å². The summed E-state index contributed by atoms with van der Waals surface area (Å²) in [6, 6.07) is 2.06. The normalized spacial score (nSPS) is 12.9. The van der Waals surface area contributed by atoms with Crippen LogP contribution in [-0.4, -0.2) is 18.5 Å². The van der Waals surface area contributed by atoms with Gasteiger partial charge in [0.05, 0.1) is 29.7 Å². The molecular weight excluding hydrogens is 224 g/mol. The van der Waals surface area contributed by atoms with Gasteiger partial charge in [-0.05, 0) is 18.9 Å². The first-order chi connectivity index (χ1) is 7.81. The zero-order chi connectivity index (χ0) is 11.4. The van der Waals surface area contributed by atoms with Crippen molar-refractivity contribution in [1.29, 1.82) is 0 Å². The average Bonchev–Trinajstić information content (AvgIpc) is 2.92. The summed E-state index contributed by atoms with van der Waals surface area (Å²) in [6.45, 7) is 0. The largest absolute Gasteiger partial charge is 0.273 e. The van der Waals surface area contributed by atoms with Crippen LogP contribution in [0.2, 0.25) is 0 Å². The van der Waals surface area contributed by atoms with Gasteiger partial charge in [0.25, 0.3) is 0 Å². The smallest absolute Gasteiger partial charge is 0.0925 e. The first-order valence-corrected chi connectivity index (χ1v) is 5.74. The van der Waals surface area contributed by atoms with Crippen molar-refractivity contribution in [1.82, 2.24) is 24.0 Å². The van der Waals surface area contributed by atoms with Crippen LogP contribution in [0.15, 0.2) is 18.5 Å². The van der Waals surface area contributed by atoms with Gasteiger partial charge in [0.1, 0.15) is 0 Å². The van der Waals surface area contributed by atoms with Crippen molar-refractivity contribution in [3.63, 3.8) is 0 Å². The molecule has 0 aliphatic heterocycles. The summed E-state index contributed by atoms with van der Waals surface area (Å²) in [5, 5.41) is 4.12. The molecule has 2 heterocycles. The Morgan fingerprint density at radius 1 is 1.62 bits per heavy atom. The fourth-order valence-electron chi connectivity index (χ4n) is 1.58. The first kappa shape index (κ1) is 11.2. The molecule has 0 bridgehead atoms. The Morgan fingerprint density at radius 3 is 3.06 bits per heavy atom. The molecule has 2 rings (SSSR count). The molecule has 0 aromatic carbocycles. The van der Waals surface area contributed by atoms with E-state index in [9.17, 15) is 0 Å². The highest BCUT2D eigenvalue weighted by atomic mass is 32.1. The minimum Gasteiger partial charge on any atom is -0.273 e. The quantitative estimate of drug-likeness (QED) is 0.582. The van der Waals surface area contributed by atoms with Crippen molar-refractivity contribution in [2.24, 2.45) is 12.9 Å². The third kappa shape index (κ3) is 2.43. The lowest BCUT2D eigenvalue weighted by atomic mass is 10.1. The van der Waals surface area contributed by atoms with Crippen LogP contribution in [0.5, 0.6) is 0 Å². The molecular formula is C9H14N6S. The summed E-state index contributed by atoms with van der Waals surface area (Å²) in [5.74, 6) is 5.51. The summed E-state index contributed by atoms with van der Waals surface area (Å²) in [4.78, 5) is 0. The maximum absolute atomic E-state index is 5.51. The van der Waals surface area contributed by atoms with E-state index in [1.54, 1.807) is 12.4 Å². The molecule has 0 radical (unpaired) electrons. The van der Waals surface area contributed by atoms with Crippen LogP contribution in [0.1, 0.15) is 23.9 Å². The zero-order valence-electron chi connectivity index (χ0n) is 9.00. The van der Waals surface area contributed by atoms with Crippen LogP contribution in [0.4, 0.5) is 0 Å². The van der Waals surface area contributed by atoms with E-state index in [1.807, 2.05) is 17.8 Å². The highest BCUT2D eigenvalue weighted by Gasteiger charge is 2.13. The SMILES string of the molecule is Cn1nccc1CCC(NN)c1cnsn1. The van der Waals surface area contributed by atoms with E-state index >= 15 is 0 Å². The number of rotatable bonds is 5. The standard InChI is InChI=1S/C9H14N6S/c1-15-7(4-5-11-15)2-3-8(13-10)9-6-12-16-14-9/h4-6,8,13H,2-3,10H2,1H3. The van der Waals surface area contributed by atoms with Gasteiger partial charge in [0.15, 0.2) is 0 Å². The molecule has 0 aliphatic rings. The van der Waals surface area contributed by atoms with Crippen molar-refractivity contribution in [3.05, 3.63) is 29.8 Å². The zero-order valence-corrected chi connectivity index (χ0v) is 9.81. The van der Waals surface area contributed by atoms with Crippen molar-refractivity contribution in [2.75, 3.05) is 0 Å². The van der Waals surface area contributed by atoms with E-state index in [0.717, 1.165) is 18.5 Å². The van der Waals surface area contributed by atoms with Crippen molar-refractivity contribution in [3.8, 4) is 0 Å². The van der Waals surface area contributed by atoms with Gasteiger partial charge in [-0.1, -0.05) is 0 Å². The average molecular weight is 238 g/mol. The predicted molar refractivity (Wildman–Crippen MR) is 61.5 cm³/mol. The Bertz CT molecular complexity index is 423. The minimum atomic E-state index is 0.0497. The van der Waals surface area contributed by atoms with Gasteiger partial charge in [-0.25, -0.2) is 0 Å². The molecule has 16 heavy (non-hydrogen) atoms. The van der Waals surface area contributed by atoms with Gasteiger partial charge in [-0.3, -0.25) is 16.0 Å². The Morgan fingerprint density at radius 2 is 2.50 bits per heavy atom. The lowest BCUT2D eigenvalue weighted by Gasteiger charge is -2.12. The van der Waals surface area contributed by atoms with Crippen LogP contribution >= 0.6 is 11.7 Å². The fourth-order valence-corrected chi connectivity index (χ4v) is 2.05. The molecule has 6 nitrogen and oxygen atoms in total. The molecule has 7 heteroatoms.